The molecule has 0 unspecified atom stereocenters. The third-order valence-electron chi connectivity index (χ3n) is 5.58. The molecule has 0 saturated carbocycles. The van der Waals surface area contributed by atoms with Crippen LogP contribution in [0.25, 0.3) is 5.57 Å². The van der Waals surface area contributed by atoms with Gasteiger partial charge in [-0.05, 0) is 54.1 Å². The topological polar surface area (TPSA) is 3.24 Å². The second-order valence-electron chi connectivity index (χ2n) is 7.34. The van der Waals surface area contributed by atoms with E-state index < -0.39 is 0 Å². The highest BCUT2D eigenvalue weighted by Crippen LogP contribution is 2.28. The van der Waals surface area contributed by atoms with Gasteiger partial charge < -0.3 is 0 Å². The van der Waals surface area contributed by atoms with Gasteiger partial charge in [0.15, 0.2) is 0 Å². The van der Waals surface area contributed by atoms with Crippen LogP contribution in [-0.2, 0) is 0 Å². The van der Waals surface area contributed by atoms with E-state index in [2.05, 4.69) is 102 Å². The molecule has 0 radical (unpaired) electrons. The highest BCUT2D eigenvalue weighted by Gasteiger charge is 2.19. The van der Waals surface area contributed by atoms with Gasteiger partial charge in [0.25, 0.3) is 0 Å². The Morgan fingerprint density at radius 3 is 1.70 bits per heavy atom. The molecule has 1 heteroatoms. The van der Waals surface area contributed by atoms with Crippen LogP contribution < -0.4 is 0 Å². The highest BCUT2D eigenvalue weighted by atomic mass is 15.1. The smallest absolute Gasteiger partial charge is 0.0172 e. The molecule has 1 nitrogen and oxygen atoms in total. The van der Waals surface area contributed by atoms with E-state index in [1.54, 1.807) is 0 Å². The van der Waals surface area contributed by atoms with Crippen LogP contribution in [0.1, 0.15) is 35.4 Å². The standard InChI is InChI=1S/C26H27N/c1-4-10-22(11-5-1)23-16-19-27(20-17-23)21-18-26(24-12-6-2-7-13-24)25-14-8-3-9-15-25/h1-15,18,23H,16-17,19-21H2. The highest BCUT2D eigenvalue weighted by molar-refractivity contribution is 5.79. The maximum Gasteiger partial charge on any atom is 0.0172 e. The van der Waals surface area contributed by atoms with Gasteiger partial charge in [-0.2, -0.15) is 0 Å². The molecule has 4 rings (SSSR count). The van der Waals surface area contributed by atoms with Gasteiger partial charge in [-0.25, -0.2) is 0 Å². The molecular weight excluding hydrogens is 326 g/mol. The summed E-state index contributed by atoms with van der Waals surface area (Å²) in [5.41, 5.74) is 5.43. The van der Waals surface area contributed by atoms with Crippen LogP contribution in [-0.4, -0.2) is 24.5 Å². The minimum Gasteiger partial charge on any atom is -0.300 e. The van der Waals surface area contributed by atoms with Crippen LogP contribution in [0.5, 0.6) is 0 Å². The summed E-state index contributed by atoms with van der Waals surface area (Å²) in [6, 6.07) is 32.5. The van der Waals surface area contributed by atoms with E-state index in [1.165, 1.54) is 48.2 Å². The fourth-order valence-corrected chi connectivity index (χ4v) is 4.03. The van der Waals surface area contributed by atoms with Gasteiger partial charge in [-0.15, -0.1) is 0 Å². The summed E-state index contributed by atoms with van der Waals surface area (Å²) in [5, 5.41) is 0. The molecule has 0 aromatic heterocycles. The Bertz CT molecular complexity index is 803. The molecule has 1 fully saturated rings. The maximum atomic E-state index is 2.59. The zero-order valence-corrected chi connectivity index (χ0v) is 15.8. The van der Waals surface area contributed by atoms with Gasteiger partial charge in [0.2, 0.25) is 0 Å². The van der Waals surface area contributed by atoms with Crippen molar-refractivity contribution >= 4 is 5.57 Å². The SMILES string of the molecule is C(CN1CCC(c2ccccc2)CC1)=C(c1ccccc1)c1ccccc1. The molecule has 0 bridgehead atoms. The monoisotopic (exact) mass is 353 g/mol. The summed E-state index contributed by atoms with van der Waals surface area (Å²) in [6.07, 6.45) is 4.92. The summed E-state index contributed by atoms with van der Waals surface area (Å²) in [5.74, 6) is 0.717. The molecule has 3 aromatic carbocycles. The number of hydrogen-bond acceptors (Lipinski definition) is 1. The lowest BCUT2D eigenvalue weighted by atomic mass is 9.89. The number of nitrogens with zero attached hydrogens (tertiary/aromatic N) is 1. The molecule has 0 aliphatic carbocycles. The Labute approximate surface area is 163 Å². The minimum atomic E-state index is 0.717. The summed E-state index contributed by atoms with van der Waals surface area (Å²) in [6.45, 7) is 3.36. The van der Waals surface area contributed by atoms with Crippen LogP contribution in [0.4, 0.5) is 0 Å². The van der Waals surface area contributed by atoms with Crippen molar-refractivity contribution in [3.8, 4) is 0 Å². The lowest BCUT2D eigenvalue weighted by Gasteiger charge is -2.31. The lowest BCUT2D eigenvalue weighted by Crippen LogP contribution is -2.33. The van der Waals surface area contributed by atoms with E-state index >= 15 is 0 Å². The van der Waals surface area contributed by atoms with Gasteiger partial charge >= 0.3 is 0 Å². The number of hydrogen-bond donors (Lipinski definition) is 0. The zero-order valence-electron chi connectivity index (χ0n) is 15.8. The van der Waals surface area contributed by atoms with E-state index in [1.807, 2.05) is 0 Å². The molecule has 1 aliphatic rings. The van der Waals surface area contributed by atoms with Crippen LogP contribution in [0, 0.1) is 0 Å². The molecule has 0 amide bonds. The molecule has 0 spiro atoms. The predicted molar refractivity (Wildman–Crippen MR) is 115 cm³/mol. The van der Waals surface area contributed by atoms with Crippen LogP contribution >= 0.6 is 0 Å². The van der Waals surface area contributed by atoms with E-state index in [4.69, 9.17) is 0 Å². The van der Waals surface area contributed by atoms with Crippen LogP contribution in [0.3, 0.4) is 0 Å². The van der Waals surface area contributed by atoms with Gasteiger partial charge in [-0.3, -0.25) is 4.90 Å². The summed E-state index contributed by atoms with van der Waals surface area (Å²) in [7, 11) is 0. The van der Waals surface area contributed by atoms with Crippen molar-refractivity contribution in [3.63, 3.8) is 0 Å². The largest absolute Gasteiger partial charge is 0.300 e. The Kier molecular flexibility index (Phi) is 5.81. The number of rotatable bonds is 5. The Morgan fingerprint density at radius 2 is 1.19 bits per heavy atom. The molecule has 0 atom stereocenters. The maximum absolute atomic E-state index is 2.59. The molecule has 1 saturated heterocycles. The van der Waals surface area contributed by atoms with Crippen LogP contribution in [0.15, 0.2) is 97.1 Å². The number of benzene rings is 3. The molecule has 1 aliphatic heterocycles. The fourth-order valence-electron chi connectivity index (χ4n) is 4.03. The zero-order chi connectivity index (χ0) is 18.3. The van der Waals surface area contributed by atoms with E-state index in [0.29, 0.717) is 5.92 Å². The van der Waals surface area contributed by atoms with Crippen LogP contribution in [0.2, 0.25) is 0 Å². The molecule has 136 valence electrons. The van der Waals surface area contributed by atoms with Crippen molar-refractivity contribution in [1.29, 1.82) is 0 Å². The average molecular weight is 354 g/mol. The Hall–Kier alpha value is -2.64. The van der Waals surface area contributed by atoms with Crippen molar-refractivity contribution in [3.05, 3.63) is 114 Å². The van der Waals surface area contributed by atoms with Crippen molar-refractivity contribution in [2.75, 3.05) is 19.6 Å². The average Bonchev–Trinajstić information content (AvgIpc) is 2.76. The van der Waals surface area contributed by atoms with E-state index in [0.717, 1.165) is 6.54 Å². The van der Waals surface area contributed by atoms with Gasteiger partial charge in [0, 0.05) is 6.54 Å². The number of likely N-dealkylation sites (tertiary alicyclic amines) is 1. The fraction of sp³-hybridized carbons (Fsp3) is 0.231. The van der Waals surface area contributed by atoms with Crippen molar-refractivity contribution in [2.45, 2.75) is 18.8 Å². The first-order chi connectivity index (χ1) is 13.4. The summed E-state index contributed by atoms with van der Waals surface area (Å²) >= 11 is 0. The quantitative estimate of drug-likeness (QED) is 0.544. The Balaban J connectivity index is 1.45. The molecule has 3 aromatic rings. The normalized spacial score (nSPS) is 15.4. The third kappa shape index (κ3) is 4.56. The van der Waals surface area contributed by atoms with Crippen molar-refractivity contribution in [1.82, 2.24) is 4.90 Å². The van der Waals surface area contributed by atoms with E-state index in [-0.39, 0.29) is 0 Å². The molecule has 0 N–H and O–H groups in total. The minimum absolute atomic E-state index is 0.717. The van der Waals surface area contributed by atoms with E-state index in [9.17, 15) is 0 Å². The summed E-state index contributed by atoms with van der Waals surface area (Å²) in [4.78, 5) is 2.59. The third-order valence-corrected chi connectivity index (χ3v) is 5.58. The van der Waals surface area contributed by atoms with Crippen molar-refractivity contribution in [2.24, 2.45) is 0 Å². The molecule has 27 heavy (non-hydrogen) atoms. The van der Waals surface area contributed by atoms with Gasteiger partial charge in [0.05, 0.1) is 0 Å². The number of piperidine rings is 1. The predicted octanol–water partition coefficient (Wildman–Crippen LogP) is 6.00. The van der Waals surface area contributed by atoms with Gasteiger partial charge in [-0.1, -0.05) is 97.1 Å². The first-order valence-corrected chi connectivity index (χ1v) is 9.98. The van der Waals surface area contributed by atoms with Gasteiger partial charge in [0.1, 0.15) is 0 Å². The molecule has 1 heterocycles. The van der Waals surface area contributed by atoms with Crippen molar-refractivity contribution < 1.29 is 0 Å². The second kappa shape index (κ2) is 8.83. The molecular formula is C26H27N. The Morgan fingerprint density at radius 1 is 0.704 bits per heavy atom. The lowest BCUT2D eigenvalue weighted by molar-refractivity contribution is 0.233. The first-order valence-electron chi connectivity index (χ1n) is 9.98. The first kappa shape index (κ1) is 17.8. The summed E-state index contributed by atoms with van der Waals surface area (Å²) < 4.78 is 0. The second-order valence-corrected chi connectivity index (χ2v) is 7.34.